The predicted molar refractivity (Wildman–Crippen MR) is 93.0 cm³/mol. The number of fused-ring (bicyclic) bond motifs is 1. The number of amides is 2. The first-order valence-electron chi connectivity index (χ1n) is 7.53. The number of nitrogens with one attached hydrogen (secondary N) is 2. The van der Waals surface area contributed by atoms with Crippen LogP contribution in [-0.4, -0.2) is 24.1 Å². The fourth-order valence-corrected chi connectivity index (χ4v) is 3.32. The van der Waals surface area contributed by atoms with Crippen molar-refractivity contribution < 1.29 is 9.59 Å². The molecule has 2 N–H and O–H groups in total. The van der Waals surface area contributed by atoms with Crippen LogP contribution < -0.4 is 10.6 Å². The van der Waals surface area contributed by atoms with Gasteiger partial charge in [-0.2, -0.15) is 0 Å². The molecular formula is C18H18N2O2S. The van der Waals surface area contributed by atoms with Crippen molar-refractivity contribution in [2.24, 2.45) is 0 Å². The maximum Gasteiger partial charge on any atom is 0.251 e. The summed E-state index contributed by atoms with van der Waals surface area (Å²) in [4.78, 5) is 24.7. The van der Waals surface area contributed by atoms with Gasteiger partial charge in [-0.1, -0.05) is 24.3 Å². The highest BCUT2D eigenvalue weighted by Crippen LogP contribution is 2.31. The number of carbonyl (C=O) groups excluding carboxylic acids is 2. The van der Waals surface area contributed by atoms with E-state index in [0.29, 0.717) is 17.9 Å². The van der Waals surface area contributed by atoms with Crippen LogP contribution in [0.15, 0.2) is 47.4 Å². The van der Waals surface area contributed by atoms with Crippen LogP contribution in [0, 0.1) is 6.92 Å². The second kappa shape index (κ2) is 6.87. The van der Waals surface area contributed by atoms with E-state index in [-0.39, 0.29) is 11.8 Å². The Labute approximate surface area is 139 Å². The van der Waals surface area contributed by atoms with Crippen LogP contribution in [0.3, 0.4) is 0 Å². The maximum absolute atomic E-state index is 12.2. The first-order valence-corrected chi connectivity index (χ1v) is 8.51. The minimum Gasteiger partial charge on any atom is -0.352 e. The van der Waals surface area contributed by atoms with Gasteiger partial charge in [-0.25, -0.2) is 0 Å². The van der Waals surface area contributed by atoms with Crippen molar-refractivity contribution in [3.8, 4) is 0 Å². The number of hydrogen-bond donors (Lipinski definition) is 2. The quantitative estimate of drug-likeness (QED) is 0.908. The van der Waals surface area contributed by atoms with E-state index in [0.717, 1.165) is 28.1 Å². The second-order valence-electron chi connectivity index (χ2n) is 5.49. The molecule has 3 rings (SSSR count). The van der Waals surface area contributed by atoms with E-state index in [2.05, 4.69) is 10.6 Å². The van der Waals surface area contributed by atoms with Crippen LogP contribution in [0.25, 0.3) is 0 Å². The molecule has 2 aromatic carbocycles. The van der Waals surface area contributed by atoms with Crippen LogP contribution in [0.2, 0.25) is 0 Å². The van der Waals surface area contributed by atoms with Crippen molar-refractivity contribution >= 4 is 29.3 Å². The van der Waals surface area contributed by atoms with E-state index in [9.17, 15) is 9.59 Å². The molecule has 4 nitrogen and oxygen atoms in total. The Morgan fingerprint density at radius 1 is 1.26 bits per heavy atom. The normalized spacial score (nSPS) is 13.2. The zero-order valence-electron chi connectivity index (χ0n) is 12.9. The monoisotopic (exact) mass is 326 g/mol. The summed E-state index contributed by atoms with van der Waals surface area (Å²) in [5.74, 6) is 0.455. The molecule has 0 aromatic heterocycles. The number of rotatable bonds is 4. The molecule has 0 bridgehead atoms. The molecule has 5 heteroatoms. The van der Waals surface area contributed by atoms with Crippen LogP contribution in [0.5, 0.6) is 0 Å². The van der Waals surface area contributed by atoms with Gasteiger partial charge in [0.15, 0.2) is 0 Å². The molecule has 0 fully saturated rings. The zero-order valence-corrected chi connectivity index (χ0v) is 13.7. The lowest BCUT2D eigenvalue weighted by molar-refractivity contribution is -0.113. The minimum absolute atomic E-state index is 0.0347. The Hall–Kier alpha value is -2.27. The highest BCUT2D eigenvalue weighted by Gasteiger charge is 2.15. The maximum atomic E-state index is 12.2. The van der Waals surface area contributed by atoms with Gasteiger partial charge in [-0.05, 0) is 42.7 Å². The third-order valence-corrected chi connectivity index (χ3v) is 4.84. The summed E-state index contributed by atoms with van der Waals surface area (Å²) in [5, 5.41) is 5.83. The summed E-state index contributed by atoms with van der Waals surface area (Å²) in [7, 11) is 0. The summed E-state index contributed by atoms with van der Waals surface area (Å²) in [6, 6.07) is 13.6. The van der Waals surface area contributed by atoms with Crippen molar-refractivity contribution in [3.05, 3.63) is 59.2 Å². The molecule has 0 atom stereocenters. The van der Waals surface area contributed by atoms with Gasteiger partial charge in [-0.15, -0.1) is 11.8 Å². The molecule has 0 spiro atoms. The van der Waals surface area contributed by atoms with Crippen LogP contribution in [0.4, 0.5) is 5.69 Å². The summed E-state index contributed by atoms with van der Waals surface area (Å²) in [6.07, 6.45) is 0.728. The van der Waals surface area contributed by atoms with Crippen molar-refractivity contribution in [1.29, 1.82) is 0 Å². The molecule has 2 aromatic rings. The van der Waals surface area contributed by atoms with Crippen molar-refractivity contribution in [2.45, 2.75) is 18.2 Å². The van der Waals surface area contributed by atoms with Crippen molar-refractivity contribution in [2.75, 3.05) is 17.6 Å². The number of benzene rings is 2. The second-order valence-corrected chi connectivity index (χ2v) is 6.51. The lowest BCUT2D eigenvalue weighted by atomic mass is 10.1. The van der Waals surface area contributed by atoms with Gasteiger partial charge in [0.05, 0.1) is 11.4 Å². The highest BCUT2D eigenvalue weighted by atomic mass is 32.2. The molecule has 23 heavy (non-hydrogen) atoms. The lowest BCUT2D eigenvalue weighted by Gasteiger charge is -2.17. The smallest absolute Gasteiger partial charge is 0.251 e. The number of aryl methyl sites for hydroxylation is 1. The third kappa shape index (κ3) is 3.74. The fourth-order valence-electron chi connectivity index (χ4n) is 2.53. The standard InChI is InChI=1S/C18H18N2O2S/c1-12-4-2-3-5-14(12)18(22)19-9-8-13-6-7-16-15(10-13)20-17(21)11-23-16/h2-7,10H,8-9,11H2,1H3,(H,19,22)(H,20,21). The van der Waals surface area contributed by atoms with Gasteiger partial charge in [0.25, 0.3) is 5.91 Å². The van der Waals surface area contributed by atoms with Gasteiger partial charge in [0.2, 0.25) is 5.91 Å². The number of carbonyl (C=O) groups is 2. The third-order valence-electron chi connectivity index (χ3n) is 3.77. The predicted octanol–water partition coefficient (Wildman–Crippen LogP) is 3.01. The van der Waals surface area contributed by atoms with Gasteiger partial charge < -0.3 is 10.6 Å². The van der Waals surface area contributed by atoms with Crippen molar-refractivity contribution in [1.82, 2.24) is 5.32 Å². The summed E-state index contributed by atoms with van der Waals surface area (Å²) in [5.41, 5.74) is 3.64. The molecule has 2 amide bonds. The molecule has 0 saturated carbocycles. The molecule has 118 valence electrons. The summed E-state index contributed by atoms with van der Waals surface area (Å²) in [6.45, 7) is 2.49. The van der Waals surface area contributed by atoms with E-state index in [1.54, 1.807) is 11.8 Å². The van der Waals surface area contributed by atoms with Gasteiger partial charge in [0.1, 0.15) is 0 Å². The molecular weight excluding hydrogens is 308 g/mol. The number of anilines is 1. The van der Waals surface area contributed by atoms with E-state index in [1.165, 1.54) is 0 Å². The lowest BCUT2D eigenvalue weighted by Crippen LogP contribution is -2.26. The van der Waals surface area contributed by atoms with Gasteiger partial charge >= 0.3 is 0 Å². The topological polar surface area (TPSA) is 58.2 Å². The van der Waals surface area contributed by atoms with Gasteiger partial charge in [-0.3, -0.25) is 9.59 Å². The average molecular weight is 326 g/mol. The van der Waals surface area contributed by atoms with Crippen LogP contribution in [0.1, 0.15) is 21.5 Å². The number of thioether (sulfide) groups is 1. The molecule has 1 heterocycles. The van der Waals surface area contributed by atoms with E-state index >= 15 is 0 Å². The first kappa shape index (κ1) is 15.6. The fraction of sp³-hybridized carbons (Fsp3) is 0.222. The van der Waals surface area contributed by atoms with Crippen LogP contribution in [-0.2, 0) is 11.2 Å². The molecule has 1 aliphatic heterocycles. The molecule has 0 radical (unpaired) electrons. The molecule has 1 aliphatic rings. The van der Waals surface area contributed by atoms with Gasteiger partial charge in [0, 0.05) is 17.0 Å². The van der Waals surface area contributed by atoms with E-state index < -0.39 is 0 Å². The Morgan fingerprint density at radius 3 is 2.91 bits per heavy atom. The largest absolute Gasteiger partial charge is 0.352 e. The highest BCUT2D eigenvalue weighted by molar-refractivity contribution is 8.00. The average Bonchev–Trinajstić information content (AvgIpc) is 2.54. The molecule has 0 saturated heterocycles. The minimum atomic E-state index is -0.0510. The summed E-state index contributed by atoms with van der Waals surface area (Å²) >= 11 is 1.55. The van der Waals surface area contributed by atoms with Crippen molar-refractivity contribution in [3.63, 3.8) is 0 Å². The van der Waals surface area contributed by atoms with E-state index in [4.69, 9.17) is 0 Å². The SMILES string of the molecule is Cc1ccccc1C(=O)NCCc1ccc2c(c1)NC(=O)CS2. The Bertz CT molecular complexity index is 758. The number of hydrogen-bond acceptors (Lipinski definition) is 3. The first-order chi connectivity index (χ1) is 11.1. The summed E-state index contributed by atoms with van der Waals surface area (Å²) < 4.78 is 0. The Morgan fingerprint density at radius 2 is 2.09 bits per heavy atom. The Balaban J connectivity index is 1.59. The molecule has 0 aliphatic carbocycles. The zero-order chi connectivity index (χ0) is 16.2. The van der Waals surface area contributed by atoms with Crippen LogP contribution >= 0.6 is 11.8 Å². The molecule has 0 unspecified atom stereocenters. The van der Waals surface area contributed by atoms with E-state index in [1.807, 2.05) is 49.4 Å². The Kier molecular flexibility index (Phi) is 4.67.